The molecule has 0 spiro atoms. The molecule has 0 unspecified atom stereocenters. The van der Waals surface area contributed by atoms with Crippen LogP contribution in [0.5, 0.6) is 5.75 Å². The molecule has 3 aromatic carbocycles. The molecule has 3 aromatic rings. The highest BCUT2D eigenvalue weighted by molar-refractivity contribution is 7.92. The lowest BCUT2D eigenvalue weighted by atomic mass is 10.1. The van der Waals surface area contributed by atoms with Crippen molar-refractivity contribution in [1.82, 2.24) is 0 Å². The van der Waals surface area contributed by atoms with E-state index in [0.29, 0.717) is 22.1 Å². The van der Waals surface area contributed by atoms with Crippen LogP contribution in [0.25, 0.3) is 0 Å². The van der Waals surface area contributed by atoms with Crippen LogP contribution >= 0.6 is 11.6 Å². The van der Waals surface area contributed by atoms with Crippen LogP contribution < -0.4 is 19.7 Å². The molecule has 1 fully saturated rings. The summed E-state index contributed by atoms with van der Waals surface area (Å²) in [6.45, 7) is 0.250. The van der Waals surface area contributed by atoms with Crippen LogP contribution in [0.3, 0.4) is 0 Å². The normalized spacial score (nSPS) is 15.8. The number of nitrogens with zero attached hydrogens (tertiary/aromatic N) is 1. The highest BCUT2D eigenvalue weighted by atomic mass is 35.5. The molecule has 0 saturated carbocycles. The number of ether oxygens (including phenoxy) is 1. The molecule has 1 aliphatic heterocycles. The van der Waals surface area contributed by atoms with Gasteiger partial charge in [0.15, 0.2) is 0 Å². The lowest BCUT2D eigenvalue weighted by molar-refractivity contribution is -0.122. The Morgan fingerprint density at radius 3 is 2.38 bits per heavy atom. The number of hydrogen-bond donors (Lipinski definition) is 2. The average Bonchev–Trinajstić information content (AvgIpc) is 3.21. The summed E-state index contributed by atoms with van der Waals surface area (Å²) in [5.74, 6) is -0.322. The summed E-state index contributed by atoms with van der Waals surface area (Å²) in [5.41, 5.74) is 1.39. The maximum atomic E-state index is 12.8. The van der Waals surface area contributed by atoms with Crippen LogP contribution in [0.2, 0.25) is 5.02 Å². The minimum atomic E-state index is -3.82. The molecular weight excluding hydrogens is 478 g/mol. The Bertz CT molecular complexity index is 1310. The van der Waals surface area contributed by atoms with Gasteiger partial charge in [-0.3, -0.25) is 14.3 Å². The van der Waals surface area contributed by atoms with Crippen molar-refractivity contribution in [3.8, 4) is 5.75 Å². The molecule has 8 nitrogen and oxygen atoms in total. The van der Waals surface area contributed by atoms with E-state index in [2.05, 4.69) is 10.0 Å². The number of halogens is 1. The van der Waals surface area contributed by atoms with E-state index in [0.717, 1.165) is 0 Å². The summed E-state index contributed by atoms with van der Waals surface area (Å²) in [7, 11) is -2.26. The van der Waals surface area contributed by atoms with E-state index in [-0.39, 0.29) is 35.4 Å². The van der Waals surface area contributed by atoms with Crippen LogP contribution in [0.1, 0.15) is 6.42 Å². The summed E-state index contributed by atoms with van der Waals surface area (Å²) in [6.07, 6.45) is 0.0841. The molecule has 0 bridgehead atoms. The topological polar surface area (TPSA) is 105 Å². The molecule has 2 amide bonds. The molecule has 2 N–H and O–H groups in total. The molecule has 1 saturated heterocycles. The third-order valence-electron chi connectivity index (χ3n) is 5.39. The molecule has 10 heteroatoms. The largest absolute Gasteiger partial charge is 0.497 e. The van der Waals surface area contributed by atoms with E-state index in [1.807, 2.05) is 0 Å². The van der Waals surface area contributed by atoms with Crippen molar-refractivity contribution in [2.75, 3.05) is 28.6 Å². The smallest absolute Gasteiger partial charge is 0.261 e. The number of sulfonamides is 1. The molecule has 1 atom stereocenters. The van der Waals surface area contributed by atoms with Crippen LogP contribution in [-0.4, -0.2) is 33.9 Å². The third kappa shape index (κ3) is 5.32. The van der Waals surface area contributed by atoms with Crippen LogP contribution in [0, 0.1) is 5.92 Å². The van der Waals surface area contributed by atoms with E-state index in [1.165, 1.54) is 30.3 Å². The molecule has 1 heterocycles. The number of hydrogen-bond acceptors (Lipinski definition) is 5. The lowest BCUT2D eigenvalue weighted by Crippen LogP contribution is -2.28. The van der Waals surface area contributed by atoms with Crippen molar-refractivity contribution < 1.29 is 22.7 Å². The highest BCUT2D eigenvalue weighted by Gasteiger charge is 2.35. The number of carbonyl (C=O) groups is 2. The van der Waals surface area contributed by atoms with E-state index in [9.17, 15) is 18.0 Å². The van der Waals surface area contributed by atoms with Gasteiger partial charge in [-0.15, -0.1) is 0 Å². The number of carbonyl (C=O) groups excluding carboxylic acids is 2. The van der Waals surface area contributed by atoms with E-state index in [1.54, 1.807) is 54.5 Å². The van der Waals surface area contributed by atoms with Crippen molar-refractivity contribution in [2.45, 2.75) is 11.3 Å². The molecule has 4 rings (SSSR count). The van der Waals surface area contributed by atoms with Crippen LogP contribution in [0.4, 0.5) is 17.1 Å². The van der Waals surface area contributed by atoms with Gasteiger partial charge in [-0.2, -0.15) is 0 Å². The average molecular weight is 500 g/mol. The Morgan fingerprint density at radius 2 is 1.71 bits per heavy atom. The van der Waals surface area contributed by atoms with Gasteiger partial charge in [0.25, 0.3) is 10.0 Å². The van der Waals surface area contributed by atoms with Crippen molar-refractivity contribution >= 4 is 50.5 Å². The predicted octanol–water partition coefficient (Wildman–Crippen LogP) is 4.14. The number of anilines is 3. The molecule has 0 aromatic heterocycles. The number of nitrogens with one attached hydrogen (secondary N) is 2. The molecule has 0 radical (unpaired) electrons. The second-order valence-electron chi connectivity index (χ2n) is 7.73. The maximum absolute atomic E-state index is 12.8. The highest BCUT2D eigenvalue weighted by Crippen LogP contribution is 2.28. The summed E-state index contributed by atoms with van der Waals surface area (Å²) >= 11 is 5.83. The Morgan fingerprint density at radius 1 is 1.03 bits per heavy atom. The summed E-state index contributed by atoms with van der Waals surface area (Å²) in [5, 5.41) is 3.21. The first kappa shape index (κ1) is 23.6. The monoisotopic (exact) mass is 499 g/mol. The van der Waals surface area contributed by atoms with Crippen LogP contribution in [0.15, 0.2) is 77.7 Å². The number of methoxy groups -OCH3 is 1. The zero-order valence-electron chi connectivity index (χ0n) is 18.2. The van der Waals surface area contributed by atoms with E-state index < -0.39 is 15.9 Å². The first-order valence-electron chi connectivity index (χ1n) is 10.4. The second-order valence-corrected chi connectivity index (χ2v) is 9.85. The van der Waals surface area contributed by atoms with Gasteiger partial charge in [-0.05, 0) is 66.7 Å². The SMILES string of the molecule is COc1ccc(N2C[C@H](C(=O)Nc3cccc(NS(=O)(=O)c4ccc(Cl)cc4)c3)CC2=O)cc1. The van der Waals surface area contributed by atoms with Gasteiger partial charge >= 0.3 is 0 Å². The first-order chi connectivity index (χ1) is 16.2. The Kier molecular flexibility index (Phi) is 6.76. The van der Waals surface area contributed by atoms with Gasteiger partial charge < -0.3 is 15.0 Å². The molecule has 34 heavy (non-hydrogen) atoms. The quantitative estimate of drug-likeness (QED) is 0.508. The predicted molar refractivity (Wildman–Crippen MR) is 131 cm³/mol. The fraction of sp³-hybridized carbons (Fsp3) is 0.167. The number of amides is 2. The Labute approximate surface area is 202 Å². The van der Waals surface area contributed by atoms with Gasteiger partial charge in [-0.1, -0.05) is 17.7 Å². The number of rotatable bonds is 7. The van der Waals surface area contributed by atoms with Crippen molar-refractivity contribution in [1.29, 1.82) is 0 Å². The van der Waals surface area contributed by atoms with Crippen LogP contribution in [-0.2, 0) is 19.6 Å². The van der Waals surface area contributed by atoms with E-state index in [4.69, 9.17) is 16.3 Å². The van der Waals surface area contributed by atoms with Crippen molar-refractivity contribution in [2.24, 2.45) is 5.92 Å². The zero-order valence-corrected chi connectivity index (χ0v) is 19.8. The maximum Gasteiger partial charge on any atom is 0.261 e. The second kappa shape index (κ2) is 9.74. The summed E-state index contributed by atoms with van der Waals surface area (Å²) in [6, 6.07) is 19.2. The van der Waals surface area contributed by atoms with Gasteiger partial charge in [0.2, 0.25) is 11.8 Å². The molecular formula is C24H22ClN3O5S. The summed E-state index contributed by atoms with van der Waals surface area (Å²) in [4.78, 5) is 27.0. The third-order valence-corrected chi connectivity index (χ3v) is 7.04. The molecule has 0 aliphatic carbocycles. The molecule has 1 aliphatic rings. The zero-order chi connectivity index (χ0) is 24.3. The molecule has 176 valence electrons. The number of benzene rings is 3. The van der Waals surface area contributed by atoms with E-state index >= 15 is 0 Å². The lowest BCUT2D eigenvalue weighted by Gasteiger charge is -2.17. The summed E-state index contributed by atoms with van der Waals surface area (Å²) < 4.78 is 32.8. The Balaban J connectivity index is 1.42. The van der Waals surface area contributed by atoms with Gasteiger partial charge in [-0.25, -0.2) is 8.42 Å². The van der Waals surface area contributed by atoms with Gasteiger partial charge in [0.05, 0.1) is 23.6 Å². The van der Waals surface area contributed by atoms with Crippen molar-refractivity contribution in [3.05, 3.63) is 77.8 Å². The fourth-order valence-corrected chi connectivity index (χ4v) is 4.80. The van der Waals surface area contributed by atoms with Gasteiger partial charge in [0, 0.05) is 29.4 Å². The Hall–Kier alpha value is -3.56. The first-order valence-corrected chi connectivity index (χ1v) is 12.2. The fourth-order valence-electron chi connectivity index (χ4n) is 3.63. The minimum Gasteiger partial charge on any atom is -0.497 e. The van der Waals surface area contributed by atoms with Crippen molar-refractivity contribution in [3.63, 3.8) is 0 Å². The minimum absolute atomic E-state index is 0.0643. The van der Waals surface area contributed by atoms with Gasteiger partial charge in [0.1, 0.15) is 5.75 Å². The standard InChI is InChI=1S/C24H22ClN3O5S/c1-33-21-9-7-20(8-10-21)28-15-16(13-23(28)29)24(30)26-18-3-2-4-19(14-18)27-34(31,32)22-11-5-17(25)6-12-22/h2-12,14,16,27H,13,15H2,1H3,(H,26,30)/t16-/m1/s1.